The van der Waals surface area contributed by atoms with E-state index in [4.69, 9.17) is 0 Å². The van der Waals surface area contributed by atoms with Crippen molar-refractivity contribution >= 4 is 11.8 Å². The van der Waals surface area contributed by atoms with Gasteiger partial charge in [-0.3, -0.25) is 9.59 Å². The first-order chi connectivity index (χ1) is 16.0. The van der Waals surface area contributed by atoms with Gasteiger partial charge in [-0.05, 0) is 72.5 Å². The molecule has 0 unspecified atom stereocenters. The monoisotopic (exact) mass is 486 g/mol. The summed E-state index contributed by atoms with van der Waals surface area (Å²) in [6.45, 7) is 15.1. The van der Waals surface area contributed by atoms with Gasteiger partial charge in [-0.15, -0.1) is 0 Å². The summed E-state index contributed by atoms with van der Waals surface area (Å²) in [6.07, 6.45) is 6.53. The molecule has 0 aromatic carbocycles. The lowest BCUT2D eigenvalue weighted by molar-refractivity contribution is -0.209. The molecule has 5 heteroatoms. The number of aliphatic hydroxyl groups is 2. The minimum atomic E-state index is -0.925. The molecule has 5 aliphatic carbocycles. The van der Waals surface area contributed by atoms with Gasteiger partial charge in [0.15, 0.2) is 0 Å². The van der Waals surface area contributed by atoms with Gasteiger partial charge in [-0.2, -0.15) is 0 Å². The van der Waals surface area contributed by atoms with E-state index in [-0.39, 0.29) is 39.3 Å². The number of aliphatic hydroxyl groups excluding tert-OH is 2. The van der Waals surface area contributed by atoms with Crippen molar-refractivity contribution in [3.63, 3.8) is 0 Å². The highest BCUT2D eigenvalue weighted by molar-refractivity contribution is 5.85. The number of Topliss-reactive ketones (excluding diaryl/α,β-unsaturated/α-hetero) is 1. The Kier molecular flexibility index (Phi) is 5.25. The Morgan fingerprint density at radius 1 is 0.943 bits per heavy atom. The van der Waals surface area contributed by atoms with Crippen LogP contribution < -0.4 is 0 Å². The van der Waals surface area contributed by atoms with Gasteiger partial charge in [0.2, 0.25) is 0 Å². The molecule has 0 aliphatic heterocycles. The molecule has 0 spiro atoms. The smallest absolute Gasteiger partial charge is 0.310 e. The van der Waals surface area contributed by atoms with Crippen molar-refractivity contribution < 1.29 is 24.9 Å². The van der Waals surface area contributed by atoms with E-state index in [1.54, 1.807) is 0 Å². The first-order valence-electron chi connectivity index (χ1n) is 13.8. The molecule has 35 heavy (non-hydrogen) atoms. The third-order valence-electron chi connectivity index (χ3n) is 12.9. The lowest BCUT2D eigenvalue weighted by Crippen LogP contribution is -2.68. The van der Waals surface area contributed by atoms with Crippen molar-refractivity contribution in [3.05, 3.63) is 11.6 Å². The summed E-state index contributed by atoms with van der Waals surface area (Å²) in [5, 5.41) is 33.0. The van der Waals surface area contributed by atoms with E-state index < -0.39 is 34.9 Å². The third kappa shape index (κ3) is 2.89. The number of allylic oxidation sites excluding steroid dienone is 1. The standard InChI is InChI=1S/C30H46O5/c1-25(2)12-14-30(24(34)35)15-13-28(6)17(21(30)23(25)33)8-9-19-27(5)11-10-20(32)26(3,4)22(27)18(31)16-29(19,28)7/h8,19-23,32-33H,9-16H2,1-7H3,(H,34,35)/t19-,20+,21-,22+,23+,27-,28-,29-,30+/m1/s1. The number of aliphatic carboxylic acids is 1. The summed E-state index contributed by atoms with van der Waals surface area (Å²) >= 11 is 0. The van der Waals surface area contributed by atoms with Crippen molar-refractivity contribution in [3.8, 4) is 0 Å². The molecule has 0 amide bonds. The molecule has 0 radical (unpaired) electrons. The van der Waals surface area contributed by atoms with Crippen molar-refractivity contribution in [1.29, 1.82) is 0 Å². The largest absolute Gasteiger partial charge is 0.481 e. The van der Waals surface area contributed by atoms with Crippen molar-refractivity contribution in [2.24, 2.45) is 50.2 Å². The zero-order valence-electron chi connectivity index (χ0n) is 22.8. The van der Waals surface area contributed by atoms with Crippen LogP contribution in [-0.2, 0) is 9.59 Å². The number of hydrogen-bond donors (Lipinski definition) is 3. The van der Waals surface area contributed by atoms with Crippen LogP contribution in [0.1, 0.15) is 99.8 Å². The van der Waals surface area contributed by atoms with Gasteiger partial charge in [-0.25, -0.2) is 0 Å². The van der Waals surface area contributed by atoms with E-state index in [0.717, 1.165) is 24.8 Å². The van der Waals surface area contributed by atoms with Crippen LogP contribution in [0.2, 0.25) is 0 Å². The molecule has 0 bridgehead atoms. The molecule has 0 aromatic heterocycles. The number of carboxylic acids is 1. The Morgan fingerprint density at radius 3 is 2.20 bits per heavy atom. The quantitative estimate of drug-likeness (QED) is 0.432. The highest BCUT2D eigenvalue weighted by atomic mass is 16.4. The summed E-state index contributed by atoms with van der Waals surface area (Å²) in [7, 11) is 0. The Hall–Kier alpha value is -1.20. The number of carbonyl (C=O) groups excluding carboxylic acids is 1. The van der Waals surface area contributed by atoms with Crippen LogP contribution in [0, 0.1) is 50.2 Å². The molecule has 5 rings (SSSR count). The van der Waals surface area contributed by atoms with E-state index in [2.05, 4.69) is 54.5 Å². The molecule has 0 saturated heterocycles. The van der Waals surface area contributed by atoms with E-state index in [1.165, 1.54) is 0 Å². The van der Waals surface area contributed by atoms with Crippen LogP contribution >= 0.6 is 0 Å². The maximum atomic E-state index is 14.0. The molecule has 5 aliphatic rings. The molecule has 0 heterocycles. The second-order valence-corrected chi connectivity index (χ2v) is 15.0. The molecule has 5 nitrogen and oxygen atoms in total. The molecule has 4 fully saturated rings. The van der Waals surface area contributed by atoms with Crippen molar-refractivity contribution in [2.45, 2.75) is 112 Å². The number of ketones is 1. The predicted molar refractivity (Wildman–Crippen MR) is 134 cm³/mol. The highest BCUT2D eigenvalue weighted by Gasteiger charge is 2.72. The summed E-state index contributed by atoms with van der Waals surface area (Å²) in [4.78, 5) is 26.8. The summed E-state index contributed by atoms with van der Waals surface area (Å²) in [6, 6.07) is 0. The Labute approximate surface area is 210 Å². The maximum Gasteiger partial charge on any atom is 0.310 e. The van der Waals surface area contributed by atoms with Crippen LogP contribution in [0.25, 0.3) is 0 Å². The molecule has 4 saturated carbocycles. The second-order valence-electron chi connectivity index (χ2n) is 15.0. The van der Waals surface area contributed by atoms with Crippen LogP contribution in [0.5, 0.6) is 0 Å². The van der Waals surface area contributed by atoms with Gasteiger partial charge >= 0.3 is 5.97 Å². The summed E-state index contributed by atoms with van der Waals surface area (Å²) in [5.41, 5.74) is -1.46. The minimum Gasteiger partial charge on any atom is -0.481 e. The Balaban J connectivity index is 1.66. The van der Waals surface area contributed by atoms with Gasteiger partial charge in [0.1, 0.15) is 5.78 Å². The molecular weight excluding hydrogens is 440 g/mol. The highest BCUT2D eigenvalue weighted by Crippen LogP contribution is 2.75. The number of carbonyl (C=O) groups is 2. The van der Waals surface area contributed by atoms with Gasteiger partial charge < -0.3 is 15.3 Å². The Bertz CT molecular complexity index is 995. The van der Waals surface area contributed by atoms with E-state index in [9.17, 15) is 24.9 Å². The first kappa shape index (κ1) is 25.4. The lowest BCUT2D eigenvalue weighted by atomic mass is 9.33. The molecule has 0 aromatic rings. The van der Waals surface area contributed by atoms with E-state index in [0.29, 0.717) is 32.1 Å². The summed E-state index contributed by atoms with van der Waals surface area (Å²) in [5.74, 6) is -0.815. The number of rotatable bonds is 1. The topological polar surface area (TPSA) is 94.8 Å². The fourth-order valence-corrected chi connectivity index (χ4v) is 10.5. The van der Waals surface area contributed by atoms with E-state index >= 15 is 0 Å². The van der Waals surface area contributed by atoms with Gasteiger partial charge in [-0.1, -0.05) is 60.1 Å². The van der Waals surface area contributed by atoms with Gasteiger partial charge in [0.25, 0.3) is 0 Å². The third-order valence-corrected chi connectivity index (χ3v) is 12.9. The van der Waals surface area contributed by atoms with Crippen molar-refractivity contribution in [2.75, 3.05) is 0 Å². The normalized spacial score (nSPS) is 52.3. The maximum absolute atomic E-state index is 14.0. The Morgan fingerprint density at radius 2 is 1.57 bits per heavy atom. The average molecular weight is 487 g/mol. The predicted octanol–water partition coefficient (Wildman–Crippen LogP) is 5.38. The zero-order chi connectivity index (χ0) is 26.0. The van der Waals surface area contributed by atoms with Crippen LogP contribution in [-0.4, -0.2) is 39.3 Å². The summed E-state index contributed by atoms with van der Waals surface area (Å²) < 4.78 is 0. The molecular formula is C30H46O5. The molecule has 196 valence electrons. The number of hydrogen-bond acceptors (Lipinski definition) is 4. The number of fused-ring (bicyclic) bond motifs is 7. The van der Waals surface area contributed by atoms with Crippen molar-refractivity contribution in [1.82, 2.24) is 0 Å². The lowest BCUT2D eigenvalue weighted by Gasteiger charge is -2.70. The van der Waals surface area contributed by atoms with Crippen LogP contribution in [0.3, 0.4) is 0 Å². The van der Waals surface area contributed by atoms with E-state index in [1.807, 2.05) is 0 Å². The van der Waals surface area contributed by atoms with Gasteiger partial charge in [0.05, 0.1) is 17.6 Å². The fourth-order valence-electron chi connectivity index (χ4n) is 10.5. The average Bonchev–Trinajstić information content (AvgIpc) is 2.74. The molecule has 3 N–H and O–H groups in total. The zero-order valence-corrected chi connectivity index (χ0v) is 22.8. The number of carboxylic acid groups (broad SMARTS) is 1. The minimum absolute atomic E-state index is 0.170. The fraction of sp³-hybridized carbons (Fsp3) is 0.867. The molecule has 9 atom stereocenters. The SMILES string of the molecule is CC1(C)CC[C@]2(C(=O)O)CC[C@]3(C)C(=CC[C@@H]4[C@@]5(C)CC[C@H](O)C(C)(C)[C@@H]5C(=O)C[C@]43C)[C@@H]2[C@@H]1O. The second kappa shape index (κ2) is 7.22. The van der Waals surface area contributed by atoms with Crippen LogP contribution in [0.4, 0.5) is 0 Å². The first-order valence-corrected chi connectivity index (χ1v) is 13.8. The van der Waals surface area contributed by atoms with Gasteiger partial charge in [0, 0.05) is 23.7 Å². The van der Waals surface area contributed by atoms with Crippen LogP contribution in [0.15, 0.2) is 11.6 Å².